The van der Waals surface area contributed by atoms with Gasteiger partial charge in [-0.15, -0.1) is 0 Å². The first kappa shape index (κ1) is 37.1. The van der Waals surface area contributed by atoms with E-state index in [2.05, 4.69) is 0 Å². The fourth-order valence-electron chi connectivity index (χ4n) is 5.87. The van der Waals surface area contributed by atoms with E-state index in [9.17, 15) is 61.0 Å². The first-order chi connectivity index (χ1) is 24.1. The number of ether oxygens (including phenoxy) is 6. The van der Waals surface area contributed by atoms with Gasteiger partial charge in [0.15, 0.2) is 12.1 Å². The Labute approximate surface area is 287 Å². The van der Waals surface area contributed by atoms with Gasteiger partial charge in [-0.2, -0.15) is 0 Å². The Kier molecular flexibility index (Phi) is 10.5. The third kappa shape index (κ3) is 6.97. The van der Waals surface area contributed by atoms with Gasteiger partial charge >= 0.3 is 0 Å². The molecular weight excluding hydrogens is 688 g/mol. The molecule has 0 unspecified atom stereocenters. The fraction of sp³-hybridized carbons (Fsp3) is 0.531. The lowest BCUT2D eigenvalue weighted by atomic mass is 9.98. The third-order valence-corrected chi connectivity index (χ3v) is 9.00. The van der Waals surface area contributed by atoms with E-state index in [1.54, 1.807) is 0 Å². The SMILES string of the molecule is C[C@@H]1O[C@@H](OC[C@@H]2O[C@@H](Oc3cc(O)c4c(=O)c(O[C@@H]5OC[C@](O)(CO)[C@@H]5O)c(-c5ccc(O)cc5)oc4c3)[C@@H](O)[C@@H](O)[C@@H]2O)[C@@H](O)[C@H](O)[C@H]1O. The summed E-state index contributed by atoms with van der Waals surface area (Å²) >= 11 is 0. The number of rotatable bonds is 9. The second kappa shape index (κ2) is 14.4. The van der Waals surface area contributed by atoms with Gasteiger partial charge in [0.25, 0.3) is 0 Å². The van der Waals surface area contributed by atoms with Gasteiger partial charge in [0.1, 0.15) is 82.7 Å². The molecule has 3 aliphatic heterocycles. The summed E-state index contributed by atoms with van der Waals surface area (Å²) in [6, 6.07) is 7.37. The van der Waals surface area contributed by atoms with Crippen molar-refractivity contribution in [1.29, 1.82) is 0 Å². The third-order valence-electron chi connectivity index (χ3n) is 9.00. The number of hydrogen-bond acceptors (Lipinski definition) is 19. The van der Waals surface area contributed by atoms with Gasteiger partial charge in [-0.05, 0) is 31.2 Å². The zero-order chi connectivity index (χ0) is 36.9. The molecule has 1 aromatic heterocycles. The number of aliphatic hydroxyl groups is 9. The van der Waals surface area contributed by atoms with Crippen LogP contribution in [0.4, 0.5) is 0 Å². The summed E-state index contributed by atoms with van der Waals surface area (Å²) in [5.74, 6) is -1.96. The number of hydrogen-bond donors (Lipinski definition) is 11. The topological polar surface area (TPSA) is 308 Å². The molecule has 3 aromatic rings. The van der Waals surface area contributed by atoms with E-state index in [-0.39, 0.29) is 28.4 Å². The first-order valence-corrected chi connectivity index (χ1v) is 15.7. The smallest absolute Gasteiger partial charge is 0.239 e. The van der Waals surface area contributed by atoms with E-state index in [4.69, 9.17) is 32.8 Å². The molecule has 0 saturated carbocycles. The zero-order valence-electron chi connectivity index (χ0n) is 26.7. The lowest BCUT2D eigenvalue weighted by molar-refractivity contribution is -0.318. The normalized spacial score (nSPS) is 37.1. The monoisotopic (exact) mass is 726 g/mol. The maximum absolute atomic E-state index is 13.8. The molecule has 0 amide bonds. The van der Waals surface area contributed by atoms with Crippen LogP contribution in [0, 0.1) is 0 Å². The van der Waals surface area contributed by atoms with E-state index in [0.29, 0.717) is 0 Å². The molecule has 0 spiro atoms. The highest BCUT2D eigenvalue weighted by Gasteiger charge is 2.50. The zero-order valence-corrected chi connectivity index (χ0v) is 26.7. The van der Waals surface area contributed by atoms with Crippen LogP contribution < -0.4 is 14.9 Å². The Morgan fingerprint density at radius 1 is 0.824 bits per heavy atom. The van der Waals surface area contributed by atoms with Crippen molar-refractivity contribution in [2.45, 2.75) is 86.3 Å². The first-order valence-electron chi connectivity index (χ1n) is 15.7. The van der Waals surface area contributed by atoms with Gasteiger partial charge in [-0.3, -0.25) is 4.79 Å². The van der Waals surface area contributed by atoms with Crippen LogP contribution in [-0.2, 0) is 18.9 Å². The van der Waals surface area contributed by atoms with Crippen LogP contribution in [0.15, 0.2) is 45.6 Å². The van der Waals surface area contributed by atoms with E-state index in [1.807, 2.05) is 0 Å². The van der Waals surface area contributed by atoms with E-state index < -0.39 is 122 Å². The van der Waals surface area contributed by atoms with Gasteiger partial charge in [0, 0.05) is 17.7 Å². The average Bonchev–Trinajstić information content (AvgIpc) is 3.39. The molecule has 3 saturated heterocycles. The maximum Gasteiger partial charge on any atom is 0.239 e. The van der Waals surface area contributed by atoms with Crippen LogP contribution in [0.1, 0.15) is 6.92 Å². The molecule has 3 fully saturated rings. The van der Waals surface area contributed by atoms with Gasteiger partial charge in [0.05, 0.1) is 25.9 Å². The van der Waals surface area contributed by atoms with Gasteiger partial charge in [0.2, 0.25) is 23.8 Å². The van der Waals surface area contributed by atoms with E-state index >= 15 is 0 Å². The van der Waals surface area contributed by atoms with Gasteiger partial charge < -0.3 is 89.0 Å². The largest absolute Gasteiger partial charge is 0.508 e. The number of aromatic hydroxyl groups is 2. The number of phenolic OH excluding ortho intramolecular Hbond substituents is 2. The minimum atomic E-state index is -2.09. The molecule has 11 N–H and O–H groups in total. The highest BCUT2D eigenvalue weighted by molar-refractivity contribution is 5.88. The summed E-state index contributed by atoms with van der Waals surface area (Å²) in [5.41, 5.74) is -3.19. The highest BCUT2D eigenvalue weighted by Crippen LogP contribution is 2.39. The minimum absolute atomic E-state index is 0.129. The Bertz CT molecular complexity index is 1750. The van der Waals surface area contributed by atoms with Crippen molar-refractivity contribution in [1.82, 2.24) is 0 Å². The summed E-state index contributed by atoms with van der Waals surface area (Å²) in [6.07, 6.45) is -19.1. The summed E-state index contributed by atoms with van der Waals surface area (Å²) in [6.45, 7) is -0.551. The van der Waals surface area contributed by atoms with E-state index in [1.165, 1.54) is 31.2 Å². The van der Waals surface area contributed by atoms with Crippen LogP contribution in [-0.4, -0.2) is 155 Å². The number of fused-ring (bicyclic) bond motifs is 1. The molecule has 51 heavy (non-hydrogen) atoms. The second-order valence-corrected chi connectivity index (χ2v) is 12.6. The standard InChI is InChI=1S/C32H38O19/c1-11-19(36)22(39)24(41)29(47-11)45-8-17-20(37)23(40)25(42)30(50-17)48-14-6-15(35)18-16(7-14)49-26(12-2-4-13(34)5-3-12)27(21(18)38)51-31-28(43)32(44,9-33)10-46-31/h2-7,11,17,19-20,22-25,28-31,33-37,39-44H,8-10H2,1H3/t11-,17-,19-,20+,22+,23-,24-,25-,28+,29+,30+,31-,32+/m0/s1. The Morgan fingerprint density at radius 3 is 2.16 bits per heavy atom. The summed E-state index contributed by atoms with van der Waals surface area (Å²) < 4.78 is 39.1. The lowest BCUT2D eigenvalue weighted by Crippen LogP contribution is -2.61. The Hall–Kier alpha value is -3.67. The van der Waals surface area contributed by atoms with Crippen molar-refractivity contribution in [3.8, 4) is 34.3 Å². The molecule has 0 bridgehead atoms. The summed E-state index contributed by atoms with van der Waals surface area (Å²) in [7, 11) is 0. The highest BCUT2D eigenvalue weighted by atomic mass is 16.7. The molecule has 6 rings (SSSR count). The minimum Gasteiger partial charge on any atom is -0.508 e. The van der Waals surface area contributed by atoms with Crippen molar-refractivity contribution < 1.29 is 89.0 Å². The molecule has 19 nitrogen and oxygen atoms in total. The van der Waals surface area contributed by atoms with Crippen molar-refractivity contribution >= 4 is 11.0 Å². The molecule has 280 valence electrons. The molecule has 13 atom stereocenters. The average molecular weight is 727 g/mol. The van der Waals surface area contributed by atoms with Crippen LogP contribution >= 0.6 is 0 Å². The predicted molar refractivity (Wildman–Crippen MR) is 165 cm³/mol. The Morgan fingerprint density at radius 2 is 1.49 bits per heavy atom. The van der Waals surface area contributed by atoms with Crippen molar-refractivity contribution in [3.63, 3.8) is 0 Å². The molecular formula is C32H38O19. The van der Waals surface area contributed by atoms with Crippen LogP contribution in [0.5, 0.6) is 23.0 Å². The molecule has 0 aliphatic carbocycles. The maximum atomic E-state index is 13.8. The van der Waals surface area contributed by atoms with Gasteiger partial charge in [-0.25, -0.2) is 0 Å². The Balaban J connectivity index is 1.28. The van der Waals surface area contributed by atoms with Crippen LogP contribution in [0.2, 0.25) is 0 Å². The van der Waals surface area contributed by atoms with Crippen molar-refractivity contribution in [3.05, 3.63) is 46.6 Å². The van der Waals surface area contributed by atoms with Crippen LogP contribution in [0.25, 0.3) is 22.3 Å². The number of benzene rings is 2. The van der Waals surface area contributed by atoms with Crippen LogP contribution in [0.3, 0.4) is 0 Å². The van der Waals surface area contributed by atoms with E-state index in [0.717, 1.165) is 12.1 Å². The second-order valence-electron chi connectivity index (χ2n) is 12.6. The lowest BCUT2D eigenvalue weighted by Gasteiger charge is -2.42. The summed E-state index contributed by atoms with van der Waals surface area (Å²) in [4.78, 5) is 13.8. The molecule has 19 heteroatoms. The molecule has 2 aromatic carbocycles. The van der Waals surface area contributed by atoms with Gasteiger partial charge in [-0.1, -0.05) is 0 Å². The molecule has 4 heterocycles. The quantitative estimate of drug-likeness (QED) is 0.103. The number of aliphatic hydroxyl groups excluding tert-OH is 8. The summed E-state index contributed by atoms with van der Waals surface area (Å²) in [5, 5.41) is 113. The molecule has 0 radical (unpaired) electrons. The number of phenols is 2. The van der Waals surface area contributed by atoms with Crippen molar-refractivity contribution in [2.24, 2.45) is 0 Å². The molecule has 3 aliphatic rings. The predicted octanol–water partition coefficient (Wildman–Crippen LogP) is -3.28. The fourth-order valence-corrected chi connectivity index (χ4v) is 5.87. The van der Waals surface area contributed by atoms with Crippen molar-refractivity contribution in [2.75, 3.05) is 19.8 Å².